The van der Waals surface area contributed by atoms with Gasteiger partial charge in [-0.05, 0) is 26.1 Å². The Balaban J connectivity index is 2.14. The molecular formula is C13H21N5. The van der Waals surface area contributed by atoms with Gasteiger partial charge in [-0.2, -0.15) is 5.10 Å². The zero-order chi connectivity index (χ0) is 13.1. The first-order valence-corrected chi connectivity index (χ1v) is 6.28. The van der Waals surface area contributed by atoms with Crippen LogP contribution >= 0.6 is 0 Å². The summed E-state index contributed by atoms with van der Waals surface area (Å²) in [5.41, 5.74) is 0.868. The van der Waals surface area contributed by atoms with Crippen LogP contribution in [0.25, 0.3) is 5.65 Å². The van der Waals surface area contributed by atoms with E-state index in [-0.39, 0.29) is 0 Å². The molecule has 0 radical (unpaired) electrons. The van der Waals surface area contributed by atoms with Gasteiger partial charge >= 0.3 is 0 Å². The predicted molar refractivity (Wildman–Crippen MR) is 73.8 cm³/mol. The quantitative estimate of drug-likeness (QED) is 0.874. The van der Waals surface area contributed by atoms with Gasteiger partial charge in [0.1, 0.15) is 5.82 Å². The molecule has 0 aromatic carbocycles. The lowest BCUT2D eigenvalue weighted by molar-refractivity contribution is 0.344. The lowest BCUT2D eigenvalue weighted by atomic mass is 10.0. The van der Waals surface area contributed by atoms with Gasteiger partial charge in [0, 0.05) is 24.8 Å². The summed E-state index contributed by atoms with van der Waals surface area (Å²) >= 11 is 0. The molecule has 0 spiro atoms. The number of nitrogens with zero attached hydrogens (tertiary/aromatic N) is 4. The third kappa shape index (κ3) is 2.98. The van der Waals surface area contributed by atoms with E-state index in [0.717, 1.165) is 18.0 Å². The molecule has 0 fully saturated rings. The Morgan fingerprint density at radius 1 is 1.33 bits per heavy atom. The van der Waals surface area contributed by atoms with Crippen molar-refractivity contribution < 1.29 is 0 Å². The van der Waals surface area contributed by atoms with Gasteiger partial charge in [-0.1, -0.05) is 13.8 Å². The number of aromatic nitrogens is 3. The summed E-state index contributed by atoms with van der Waals surface area (Å²) in [5.74, 6) is 1.46. The summed E-state index contributed by atoms with van der Waals surface area (Å²) in [6.07, 6.45) is 3.68. The minimum atomic E-state index is 0.387. The van der Waals surface area contributed by atoms with E-state index in [1.807, 2.05) is 18.3 Å². The van der Waals surface area contributed by atoms with E-state index in [1.54, 1.807) is 10.7 Å². The van der Waals surface area contributed by atoms with E-state index >= 15 is 0 Å². The van der Waals surface area contributed by atoms with Gasteiger partial charge in [-0.15, -0.1) is 0 Å². The lowest BCUT2D eigenvalue weighted by Gasteiger charge is -2.26. The summed E-state index contributed by atoms with van der Waals surface area (Å²) in [5, 5.41) is 7.64. The second-order valence-corrected chi connectivity index (χ2v) is 5.20. The van der Waals surface area contributed by atoms with Crippen LogP contribution in [0.5, 0.6) is 0 Å². The molecule has 2 rings (SSSR count). The molecule has 2 heterocycles. The van der Waals surface area contributed by atoms with Crippen molar-refractivity contribution in [2.24, 2.45) is 5.92 Å². The first kappa shape index (κ1) is 12.8. The van der Waals surface area contributed by atoms with Crippen LogP contribution in [0, 0.1) is 5.92 Å². The van der Waals surface area contributed by atoms with Gasteiger partial charge in [-0.25, -0.2) is 9.50 Å². The third-order valence-corrected chi connectivity index (χ3v) is 2.96. The van der Waals surface area contributed by atoms with E-state index in [2.05, 4.69) is 48.2 Å². The van der Waals surface area contributed by atoms with E-state index in [4.69, 9.17) is 0 Å². The third-order valence-electron chi connectivity index (χ3n) is 2.96. The standard InChI is InChI=1S/C13H21N5/c1-10(2)11(9-17(3)4)15-12-6-8-18-13(16-12)5-7-14-18/h5-8,10-11H,9H2,1-4H3,(H,15,16). The monoisotopic (exact) mass is 247 g/mol. The molecule has 0 aliphatic carbocycles. The van der Waals surface area contributed by atoms with Crippen molar-refractivity contribution >= 4 is 11.5 Å². The summed E-state index contributed by atoms with van der Waals surface area (Å²) in [6.45, 7) is 5.43. The van der Waals surface area contributed by atoms with Gasteiger partial charge in [0.25, 0.3) is 0 Å². The van der Waals surface area contributed by atoms with Gasteiger partial charge in [-0.3, -0.25) is 0 Å². The van der Waals surface area contributed by atoms with Crippen LogP contribution in [0.15, 0.2) is 24.5 Å². The maximum atomic E-state index is 4.54. The second-order valence-electron chi connectivity index (χ2n) is 5.20. The maximum absolute atomic E-state index is 4.54. The molecule has 2 aromatic heterocycles. The highest BCUT2D eigenvalue weighted by Gasteiger charge is 2.14. The van der Waals surface area contributed by atoms with Crippen molar-refractivity contribution in [3.05, 3.63) is 24.5 Å². The zero-order valence-electron chi connectivity index (χ0n) is 11.5. The van der Waals surface area contributed by atoms with E-state index in [1.165, 1.54) is 0 Å². The van der Waals surface area contributed by atoms with Crippen molar-refractivity contribution in [1.29, 1.82) is 0 Å². The van der Waals surface area contributed by atoms with Crippen molar-refractivity contribution in [2.75, 3.05) is 26.0 Å². The molecule has 18 heavy (non-hydrogen) atoms. The Hall–Kier alpha value is -1.62. The molecule has 1 atom stereocenters. The Bertz CT molecular complexity index is 503. The van der Waals surface area contributed by atoms with E-state index in [9.17, 15) is 0 Å². The first-order chi connectivity index (χ1) is 8.56. The van der Waals surface area contributed by atoms with Crippen LogP contribution in [0.3, 0.4) is 0 Å². The van der Waals surface area contributed by atoms with Crippen LogP contribution < -0.4 is 5.32 Å². The number of anilines is 1. The first-order valence-electron chi connectivity index (χ1n) is 6.28. The smallest absolute Gasteiger partial charge is 0.157 e. The van der Waals surface area contributed by atoms with Gasteiger partial charge < -0.3 is 10.2 Å². The van der Waals surface area contributed by atoms with Crippen LogP contribution in [-0.4, -0.2) is 46.2 Å². The number of hydrogen-bond donors (Lipinski definition) is 1. The molecule has 98 valence electrons. The number of likely N-dealkylation sites (N-methyl/N-ethyl adjacent to an activating group) is 1. The molecule has 1 unspecified atom stereocenters. The summed E-state index contributed by atoms with van der Waals surface area (Å²) in [7, 11) is 4.18. The van der Waals surface area contributed by atoms with Crippen molar-refractivity contribution in [2.45, 2.75) is 19.9 Å². The fourth-order valence-electron chi connectivity index (χ4n) is 1.90. The zero-order valence-corrected chi connectivity index (χ0v) is 11.5. The summed E-state index contributed by atoms with van der Waals surface area (Å²) < 4.78 is 1.77. The number of rotatable bonds is 5. The lowest BCUT2D eigenvalue weighted by Crippen LogP contribution is -2.36. The fourth-order valence-corrected chi connectivity index (χ4v) is 1.90. The summed E-state index contributed by atoms with van der Waals surface area (Å²) in [4.78, 5) is 6.73. The molecule has 0 bridgehead atoms. The molecule has 5 nitrogen and oxygen atoms in total. The fraction of sp³-hybridized carbons (Fsp3) is 0.538. The molecule has 0 aliphatic rings. The van der Waals surface area contributed by atoms with Gasteiger partial charge in [0.05, 0.1) is 6.20 Å². The summed E-state index contributed by atoms with van der Waals surface area (Å²) in [6, 6.07) is 4.25. The Kier molecular flexibility index (Phi) is 3.81. The van der Waals surface area contributed by atoms with Gasteiger partial charge in [0.2, 0.25) is 0 Å². The van der Waals surface area contributed by atoms with Crippen molar-refractivity contribution in [3.63, 3.8) is 0 Å². The van der Waals surface area contributed by atoms with Gasteiger partial charge in [0.15, 0.2) is 5.65 Å². The highest BCUT2D eigenvalue weighted by Crippen LogP contribution is 2.12. The van der Waals surface area contributed by atoms with Crippen molar-refractivity contribution in [1.82, 2.24) is 19.5 Å². The topological polar surface area (TPSA) is 45.5 Å². The molecule has 2 aromatic rings. The molecule has 1 N–H and O–H groups in total. The van der Waals surface area contributed by atoms with E-state index < -0.39 is 0 Å². The molecule has 0 aliphatic heterocycles. The largest absolute Gasteiger partial charge is 0.366 e. The highest BCUT2D eigenvalue weighted by atomic mass is 15.2. The van der Waals surface area contributed by atoms with Crippen molar-refractivity contribution in [3.8, 4) is 0 Å². The minimum absolute atomic E-state index is 0.387. The Morgan fingerprint density at radius 2 is 2.11 bits per heavy atom. The predicted octanol–water partition coefficient (Wildman–Crippen LogP) is 1.73. The Morgan fingerprint density at radius 3 is 2.78 bits per heavy atom. The average molecular weight is 247 g/mol. The molecular weight excluding hydrogens is 226 g/mol. The van der Waals surface area contributed by atoms with Crippen LogP contribution in [0.4, 0.5) is 5.82 Å². The number of fused-ring (bicyclic) bond motifs is 1. The molecule has 0 saturated carbocycles. The average Bonchev–Trinajstić information content (AvgIpc) is 2.74. The normalized spacial score (nSPS) is 13.4. The second kappa shape index (κ2) is 5.35. The molecule has 0 amide bonds. The number of hydrogen-bond acceptors (Lipinski definition) is 4. The SMILES string of the molecule is CC(C)C(CN(C)C)Nc1ccn2nccc2n1. The maximum Gasteiger partial charge on any atom is 0.157 e. The van der Waals surface area contributed by atoms with Crippen LogP contribution in [0.2, 0.25) is 0 Å². The van der Waals surface area contributed by atoms with Crippen LogP contribution in [0.1, 0.15) is 13.8 Å². The molecule has 5 heteroatoms. The number of nitrogens with one attached hydrogen (secondary N) is 1. The molecule has 0 saturated heterocycles. The van der Waals surface area contributed by atoms with Crippen LogP contribution in [-0.2, 0) is 0 Å². The Labute approximate surface area is 108 Å². The highest BCUT2D eigenvalue weighted by molar-refractivity contribution is 5.45. The van der Waals surface area contributed by atoms with E-state index in [0.29, 0.717) is 12.0 Å². The minimum Gasteiger partial charge on any atom is -0.366 e.